The summed E-state index contributed by atoms with van der Waals surface area (Å²) in [6, 6.07) is 3.82. The second-order valence-corrected chi connectivity index (χ2v) is 11.3. The van der Waals surface area contributed by atoms with Crippen LogP contribution < -0.4 is 4.72 Å². The van der Waals surface area contributed by atoms with E-state index in [1.54, 1.807) is 0 Å². The molecule has 3 rings (SSSR count). The molecule has 1 spiro atoms. The number of aliphatic carboxylic acids is 1. The van der Waals surface area contributed by atoms with E-state index >= 15 is 0 Å². The number of carbonyl (C=O) groups is 1. The number of benzene rings is 1. The molecular weight excluding hydrogens is 493 g/mol. The molecule has 0 radical (unpaired) electrons. The molecule has 1 aliphatic heterocycles. The van der Waals surface area contributed by atoms with Gasteiger partial charge < -0.3 is 24.8 Å². The first-order valence-corrected chi connectivity index (χ1v) is 14.0. The minimum Gasteiger partial charge on any atom is -0.478 e. The number of aryl methyl sites for hydroxylation is 1. The molecule has 36 heavy (non-hydrogen) atoms. The average molecular weight is 530 g/mol. The number of carboxylic acids is 1. The quantitative estimate of drug-likeness (QED) is 0.286. The molecule has 1 aromatic rings. The molecule has 1 heterocycles. The highest BCUT2D eigenvalue weighted by Crippen LogP contribution is 2.41. The molecule has 0 bridgehead atoms. The van der Waals surface area contributed by atoms with Crippen LogP contribution in [0, 0.1) is 5.82 Å². The second kappa shape index (κ2) is 12.5. The van der Waals surface area contributed by atoms with Crippen LogP contribution in [-0.2, 0) is 30.7 Å². The van der Waals surface area contributed by atoms with Crippen molar-refractivity contribution in [2.45, 2.75) is 88.0 Å². The molecule has 0 aromatic heterocycles. The smallest absolute Gasteiger partial charge is 0.332 e. The van der Waals surface area contributed by atoms with Crippen molar-refractivity contribution in [2.24, 2.45) is 0 Å². The highest BCUT2D eigenvalue weighted by Gasteiger charge is 2.51. The molecule has 9 nitrogen and oxygen atoms in total. The van der Waals surface area contributed by atoms with Gasteiger partial charge in [-0.3, -0.25) is 4.72 Å². The lowest BCUT2D eigenvalue weighted by atomic mass is 9.94. The van der Waals surface area contributed by atoms with E-state index in [4.69, 9.17) is 9.47 Å². The van der Waals surface area contributed by atoms with Crippen LogP contribution >= 0.6 is 0 Å². The molecule has 0 saturated carbocycles. The molecule has 11 heteroatoms. The van der Waals surface area contributed by atoms with Gasteiger partial charge in [0.2, 0.25) is 10.0 Å². The Bertz CT molecular complexity index is 1030. The van der Waals surface area contributed by atoms with Gasteiger partial charge >= 0.3 is 5.97 Å². The minimum absolute atomic E-state index is 0.0103. The van der Waals surface area contributed by atoms with Crippen molar-refractivity contribution in [2.75, 3.05) is 17.9 Å². The predicted octanol–water partition coefficient (Wildman–Crippen LogP) is 3.11. The third-order valence-corrected chi connectivity index (χ3v) is 8.44. The van der Waals surface area contributed by atoms with Crippen molar-refractivity contribution in [1.29, 1.82) is 0 Å². The third-order valence-electron chi connectivity index (χ3n) is 6.69. The van der Waals surface area contributed by atoms with Crippen molar-refractivity contribution in [3.63, 3.8) is 0 Å². The number of carboxylic acid groups (broad SMARTS) is 1. The standard InChI is InChI=1S/C25H36FNO8S/c1-2-3-4-5-6-7-8-17-13-18(26)9-10-20(17)27-36(32,33)23-11-12-25(14-19(23)24(30)31)34-21(15-28)22(16-29)35-25/h9-10,13-14,21-23,27-29H,2-8,11-12,15-16H2,1H3,(H,30,31)/t21-,22-,23?/m1/s1. The molecule has 202 valence electrons. The molecule has 1 fully saturated rings. The van der Waals surface area contributed by atoms with Gasteiger partial charge in [-0.15, -0.1) is 0 Å². The van der Waals surface area contributed by atoms with Gasteiger partial charge in [0.25, 0.3) is 0 Å². The van der Waals surface area contributed by atoms with Gasteiger partial charge in [0.15, 0.2) is 5.79 Å². The Balaban J connectivity index is 1.78. The number of sulfonamides is 1. The zero-order valence-electron chi connectivity index (χ0n) is 20.5. The number of unbranched alkanes of at least 4 members (excludes halogenated alkanes) is 5. The van der Waals surface area contributed by atoms with Crippen molar-refractivity contribution >= 4 is 21.7 Å². The topological polar surface area (TPSA) is 142 Å². The Kier molecular flexibility index (Phi) is 9.87. The molecule has 3 atom stereocenters. The van der Waals surface area contributed by atoms with Gasteiger partial charge in [-0.05, 0) is 49.1 Å². The van der Waals surface area contributed by atoms with E-state index in [-0.39, 0.29) is 18.5 Å². The lowest BCUT2D eigenvalue weighted by Gasteiger charge is -2.33. The molecule has 1 aromatic carbocycles. The first-order valence-electron chi connectivity index (χ1n) is 12.5. The SMILES string of the molecule is CCCCCCCCc1cc(F)ccc1NS(=O)(=O)C1CCC2(C=C1C(=O)O)O[C@H](CO)[C@@H](CO)O2. The summed E-state index contributed by atoms with van der Waals surface area (Å²) in [5.41, 5.74) is 0.314. The van der Waals surface area contributed by atoms with Crippen LogP contribution in [0.4, 0.5) is 10.1 Å². The maximum Gasteiger partial charge on any atom is 0.332 e. The lowest BCUT2D eigenvalue weighted by Crippen LogP contribution is -2.42. The van der Waals surface area contributed by atoms with E-state index in [2.05, 4.69) is 11.6 Å². The zero-order chi connectivity index (χ0) is 26.3. The second-order valence-electron chi connectivity index (χ2n) is 9.39. The van der Waals surface area contributed by atoms with Crippen LogP contribution in [0.5, 0.6) is 0 Å². The highest BCUT2D eigenvalue weighted by atomic mass is 32.2. The fraction of sp³-hybridized carbons (Fsp3) is 0.640. The van der Waals surface area contributed by atoms with E-state index in [1.165, 1.54) is 12.1 Å². The van der Waals surface area contributed by atoms with Gasteiger partial charge in [-0.25, -0.2) is 17.6 Å². The molecular formula is C25H36FNO8S. The van der Waals surface area contributed by atoms with Gasteiger partial charge in [-0.2, -0.15) is 0 Å². The highest BCUT2D eigenvalue weighted by molar-refractivity contribution is 7.93. The summed E-state index contributed by atoms with van der Waals surface area (Å²) in [5.74, 6) is -3.47. The van der Waals surface area contributed by atoms with E-state index in [9.17, 15) is 32.9 Å². The molecule has 4 N–H and O–H groups in total. The number of hydrogen-bond acceptors (Lipinski definition) is 7. The van der Waals surface area contributed by atoms with Gasteiger partial charge in [-0.1, -0.05) is 39.0 Å². The number of aliphatic hydroxyl groups excluding tert-OH is 2. The first-order chi connectivity index (χ1) is 17.1. The monoisotopic (exact) mass is 529 g/mol. The van der Waals surface area contributed by atoms with Gasteiger partial charge in [0.05, 0.1) is 24.5 Å². The summed E-state index contributed by atoms with van der Waals surface area (Å²) in [5, 5.41) is 27.4. The van der Waals surface area contributed by atoms with Crippen LogP contribution in [0.3, 0.4) is 0 Å². The zero-order valence-corrected chi connectivity index (χ0v) is 21.3. The molecule has 1 saturated heterocycles. The Morgan fingerprint density at radius 2 is 1.75 bits per heavy atom. The molecule has 0 amide bonds. The largest absolute Gasteiger partial charge is 0.478 e. The van der Waals surface area contributed by atoms with Crippen LogP contribution in [0.25, 0.3) is 0 Å². The normalized spacial score (nSPS) is 23.6. The van der Waals surface area contributed by atoms with E-state index in [1.807, 2.05) is 0 Å². The summed E-state index contributed by atoms with van der Waals surface area (Å²) in [6.07, 6.45) is 5.95. The number of nitrogens with one attached hydrogen (secondary N) is 1. The van der Waals surface area contributed by atoms with Gasteiger partial charge in [0, 0.05) is 6.42 Å². The summed E-state index contributed by atoms with van der Waals surface area (Å²) in [7, 11) is -4.22. The molecule has 1 aliphatic carbocycles. The van der Waals surface area contributed by atoms with Crippen LogP contribution in [-0.4, -0.2) is 66.2 Å². The maximum absolute atomic E-state index is 13.9. The average Bonchev–Trinajstić information content (AvgIpc) is 3.19. The number of anilines is 1. The molecule has 2 aliphatic rings. The summed E-state index contributed by atoms with van der Waals surface area (Å²) >= 11 is 0. The van der Waals surface area contributed by atoms with E-state index in [0.29, 0.717) is 12.0 Å². The number of rotatable bonds is 13. The minimum atomic E-state index is -4.22. The Morgan fingerprint density at radius 1 is 1.11 bits per heavy atom. The maximum atomic E-state index is 13.9. The van der Waals surface area contributed by atoms with Crippen LogP contribution in [0.15, 0.2) is 29.8 Å². The fourth-order valence-corrected chi connectivity index (χ4v) is 6.37. The van der Waals surface area contributed by atoms with Crippen molar-refractivity contribution < 1.29 is 42.4 Å². The van der Waals surface area contributed by atoms with E-state index in [0.717, 1.165) is 50.7 Å². The summed E-state index contributed by atoms with van der Waals surface area (Å²) < 4.78 is 54.5. The van der Waals surface area contributed by atoms with Crippen LogP contribution in [0.2, 0.25) is 0 Å². The number of halogens is 1. The van der Waals surface area contributed by atoms with Crippen LogP contribution in [0.1, 0.15) is 63.9 Å². The van der Waals surface area contributed by atoms with Gasteiger partial charge in [0.1, 0.15) is 23.3 Å². The lowest BCUT2D eigenvalue weighted by molar-refractivity contribution is -0.153. The number of aliphatic hydroxyl groups is 2. The third kappa shape index (κ3) is 6.83. The Morgan fingerprint density at radius 3 is 2.36 bits per heavy atom. The Labute approximate surface area is 211 Å². The summed E-state index contributed by atoms with van der Waals surface area (Å²) in [6.45, 7) is 1.24. The fourth-order valence-electron chi connectivity index (χ4n) is 4.79. The van der Waals surface area contributed by atoms with E-state index < -0.39 is 63.8 Å². The first kappa shape index (κ1) is 28.5. The van der Waals surface area contributed by atoms with Crippen molar-refractivity contribution in [3.05, 3.63) is 41.2 Å². The number of hydrogen-bond donors (Lipinski definition) is 4. The van der Waals surface area contributed by atoms with Crippen molar-refractivity contribution in [3.8, 4) is 0 Å². The predicted molar refractivity (Wildman–Crippen MR) is 131 cm³/mol. The number of ether oxygens (including phenoxy) is 2. The Hall–Kier alpha value is -2.05. The molecule has 1 unspecified atom stereocenters. The summed E-state index contributed by atoms with van der Waals surface area (Å²) in [4.78, 5) is 12.0. The van der Waals surface area contributed by atoms with Crippen molar-refractivity contribution in [1.82, 2.24) is 0 Å².